The minimum Gasteiger partial charge on any atom is -0.160 e. The minimum atomic E-state index is -4.23. The van der Waals surface area contributed by atoms with Crippen molar-refractivity contribution < 1.29 is 13.2 Å². The second-order valence-corrected chi connectivity index (χ2v) is 5.34. The van der Waals surface area contributed by atoms with Gasteiger partial charge in [0.2, 0.25) is 0 Å². The monoisotopic (exact) mass is 266 g/mol. The van der Waals surface area contributed by atoms with Gasteiger partial charge in [-0.3, -0.25) is 0 Å². The molecule has 18 heavy (non-hydrogen) atoms. The largest absolute Gasteiger partial charge is 0.446 e. The highest BCUT2D eigenvalue weighted by Crippen LogP contribution is 2.42. The molecule has 0 N–H and O–H groups in total. The lowest BCUT2D eigenvalue weighted by Gasteiger charge is -2.07. The van der Waals surface area contributed by atoms with E-state index in [1.165, 1.54) is 5.56 Å². The van der Waals surface area contributed by atoms with Gasteiger partial charge in [-0.05, 0) is 52.6 Å². The molecule has 0 atom stereocenters. The van der Waals surface area contributed by atoms with Gasteiger partial charge in [-0.2, -0.15) is 13.2 Å². The van der Waals surface area contributed by atoms with Crippen LogP contribution in [0.3, 0.4) is 0 Å². The zero-order chi connectivity index (χ0) is 12.8. The summed E-state index contributed by atoms with van der Waals surface area (Å²) in [5.41, 5.74) is 0.0353. The molecule has 92 valence electrons. The summed E-state index contributed by atoms with van der Waals surface area (Å²) in [7, 11) is 0. The predicted molar refractivity (Wildman–Crippen MR) is 66.6 cm³/mol. The van der Waals surface area contributed by atoms with Gasteiger partial charge in [0.15, 0.2) is 0 Å². The highest BCUT2D eigenvalue weighted by Gasteiger charge is 2.30. The van der Waals surface area contributed by atoms with Crippen molar-refractivity contribution in [2.24, 2.45) is 0 Å². The summed E-state index contributed by atoms with van der Waals surface area (Å²) in [6, 6.07) is 12.8. The second-order valence-electron chi connectivity index (χ2n) is 4.20. The maximum atomic E-state index is 12.4. The highest BCUT2D eigenvalue weighted by atomic mass is 32.2. The van der Waals surface area contributed by atoms with Gasteiger partial charge in [-0.1, -0.05) is 30.3 Å². The Morgan fingerprint density at radius 2 is 1.61 bits per heavy atom. The van der Waals surface area contributed by atoms with Crippen LogP contribution in [0.25, 0.3) is 11.1 Å². The molecule has 0 saturated carbocycles. The van der Waals surface area contributed by atoms with Crippen LogP contribution in [0.15, 0.2) is 47.4 Å². The van der Waals surface area contributed by atoms with E-state index in [1.54, 1.807) is 18.2 Å². The van der Waals surface area contributed by atoms with Crippen LogP contribution in [0, 0.1) is 0 Å². The molecule has 0 saturated heterocycles. The number of alkyl halides is 3. The molecule has 3 rings (SSSR count). The number of rotatable bonds is 1. The predicted octanol–water partition coefficient (Wildman–Crippen LogP) is 4.87. The summed E-state index contributed by atoms with van der Waals surface area (Å²) in [5.74, 6) is 0. The zero-order valence-electron chi connectivity index (χ0n) is 9.29. The highest BCUT2D eigenvalue weighted by molar-refractivity contribution is 8.00. The first-order valence-corrected chi connectivity index (χ1v) is 6.31. The van der Waals surface area contributed by atoms with E-state index in [4.69, 9.17) is 0 Å². The first-order chi connectivity index (χ1) is 8.53. The van der Waals surface area contributed by atoms with Crippen molar-refractivity contribution in [3.8, 4) is 11.1 Å². The van der Waals surface area contributed by atoms with E-state index >= 15 is 0 Å². The van der Waals surface area contributed by atoms with E-state index in [0.29, 0.717) is 0 Å². The molecule has 0 unspecified atom stereocenters. The standard InChI is InChI=1S/C14H9F3S/c15-14(16,17)18-11-6-5-10-7-9-3-1-2-4-12(9)13(10)8-11/h1-6,8H,7H2. The van der Waals surface area contributed by atoms with Gasteiger partial charge in [0.25, 0.3) is 0 Å². The van der Waals surface area contributed by atoms with E-state index in [1.807, 2.05) is 24.3 Å². The van der Waals surface area contributed by atoms with Crippen molar-refractivity contribution in [3.05, 3.63) is 53.6 Å². The summed E-state index contributed by atoms with van der Waals surface area (Å²) < 4.78 is 37.1. The van der Waals surface area contributed by atoms with Crippen LogP contribution in [-0.4, -0.2) is 5.51 Å². The van der Waals surface area contributed by atoms with Crippen molar-refractivity contribution in [3.63, 3.8) is 0 Å². The Kier molecular flexibility index (Phi) is 2.63. The molecule has 1 aliphatic carbocycles. The summed E-state index contributed by atoms with van der Waals surface area (Å²) in [6.07, 6.45) is 0.808. The van der Waals surface area contributed by atoms with E-state index in [0.717, 1.165) is 23.1 Å². The number of thioether (sulfide) groups is 1. The number of hydrogen-bond acceptors (Lipinski definition) is 1. The first-order valence-electron chi connectivity index (χ1n) is 5.50. The fraction of sp³-hybridized carbons (Fsp3) is 0.143. The SMILES string of the molecule is FC(F)(F)Sc1ccc2c(c1)-c1ccccc1C2. The van der Waals surface area contributed by atoms with Crippen LogP contribution in [0.2, 0.25) is 0 Å². The summed E-state index contributed by atoms with van der Waals surface area (Å²) in [4.78, 5) is 0.248. The molecule has 0 nitrogen and oxygen atoms in total. The smallest absolute Gasteiger partial charge is 0.160 e. The Hall–Kier alpha value is -1.42. The molecule has 1 aliphatic rings. The van der Waals surface area contributed by atoms with Gasteiger partial charge < -0.3 is 0 Å². The van der Waals surface area contributed by atoms with Gasteiger partial charge in [-0.15, -0.1) is 0 Å². The molecular formula is C14H9F3S. The molecule has 0 heterocycles. The maximum Gasteiger partial charge on any atom is 0.446 e. The molecule has 2 aromatic carbocycles. The van der Waals surface area contributed by atoms with Gasteiger partial charge in [0.05, 0.1) is 0 Å². The Balaban J connectivity index is 2.03. The van der Waals surface area contributed by atoms with Crippen LogP contribution in [0.4, 0.5) is 13.2 Å². The second kappa shape index (κ2) is 4.05. The van der Waals surface area contributed by atoms with Gasteiger partial charge in [0, 0.05) is 4.90 Å². The molecule has 0 spiro atoms. The van der Waals surface area contributed by atoms with Gasteiger partial charge in [-0.25, -0.2) is 0 Å². The van der Waals surface area contributed by atoms with Crippen molar-refractivity contribution >= 4 is 11.8 Å². The minimum absolute atomic E-state index is 0.0586. The Labute approximate surface area is 107 Å². The lowest BCUT2D eigenvalue weighted by atomic mass is 10.1. The lowest BCUT2D eigenvalue weighted by Crippen LogP contribution is -1.99. The molecule has 0 aromatic heterocycles. The molecule has 0 radical (unpaired) electrons. The number of halogens is 3. The Morgan fingerprint density at radius 1 is 0.889 bits per heavy atom. The van der Waals surface area contributed by atoms with Gasteiger partial charge in [0.1, 0.15) is 0 Å². The molecular weight excluding hydrogens is 257 g/mol. The number of fused-ring (bicyclic) bond motifs is 3. The third-order valence-electron chi connectivity index (χ3n) is 3.00. The van der Waals surface area contributed by atoms with Crippen molar-refractivity contribution in [1.82, 2.24) is 0 Å². The normalized spacial score (nSPS) is 13.3. The number of benzene rings is 2. The molecule has 4 heteroatoms. The zero-order valence-corrected chi connectivity index (χ0v) is 10.1. The Bertz CT molecular complexity index is 602. The van der Waals surface area contributed by atoms with Crippen LogP contribution in [-0.2, 0) is 6.42 Å². The fourth-order valence-corrected chi connectivity index (χ4v) is 2.88. The number of hydrogen-bond donors (Lipinski definition) is 0. The van der Waals surface area contributed by atoms with E-state index in [-0.39, 0.29) is 16.7 Å². The summed E-state index contributed by atoms with van der Waals surface area (Å²) in [5, 5.41) is 0. The molecule has 2 aromatic rings. The van der Waals surface area contributed by atoms with Crippen molar-refractivity contribution in [1.29, 1.82) is 0 Å². The summed E-state index contributed by atoms with van der Waals surface area (Å²) in [6.45, 7) is 0. The third-order valence-corrected chi connectivity index (χ3v) is 3.72. The topological polar surface area (TPSA) is 0 Å². The Morgan fingerprint density at radius 3 is 2.39 bits per heavy atom. The van der Waals surface area contributed by atoms with Crippen LogP contribution in [0.5, 0.6) is 0 Å². The average molecular weight is 266 g/mol. The molecule has 0 aliphatic heterocycles. The van der Waals surface area contributed by atoms with Crippen LogP contribution < -0.4 is 0 Å². The first kappa shape index (κ1) is 11.7. The molecule has 0 bridgehead atoms. The van der Waals surface area contributed by atoms with E-state index in [9.17, 15) is 13.2 Å². The molecule has 0 fully saturated rings. The third kappa shape index (κ3) is 2.12. The van der Waals surface area contributed by atoms with E-state index in [2.05, 4.69) is 0 Å². The summed E-state index contributed by atoms with van der Waals surface area (Å²) >= 11 is -0.0586. The van der Waals surface area contributed by atoms with Gasteiger partial charge >= 0.3 is 5.51 Å². The van der Waals surface area contributed by atoms with Crippen molar-refractivity contribution in [2.75, 3.05) is 0 Å². The average Bonchev–Trinajstić information content (AvgIpc) is 2.65. The van der Waals surface area contributed by atoms with Crippen LogP contribution >= 0.6 is 11.8 Å². The lowest BCUT2D eigenvalue weighted by molar-refractivity contribution is -0.0328. The quantitative estimate of drug-likeness (QED) is 0.566. The van der Waals surface area contributed by atoms with Crippen molar-refractivity contribution in [2.45, 2.75) is 16.8 Å². The van der Waals surface area contributed by atoms with E-state index < -0.39 is 5.51 Å². The van der Waals surface area contributed by atoms with Crippen LogP contribution in [0.1, 0.15) is 11.1 Å². The molecule has 0 amide bonds. The maximum absolute atomic E-state index is 12.4. The fourth-order valence-electron chi connectivity index (χ4n) is 2.30.